The van der Waals surface area contributed by atoms with Crippen LogP contribution in [0.5, 0.6) is 0 Å². The van der Waals surface area contributed by atoms with Gasteiger partial charge in [0.05, 0.1) is 6.20 Å². The lowest BCUT2D eigenvalue weighted by Crippen LogP contribution is -2.03. The lowest BCUT2D eigenvalue weighted by atomic mass is 10.2. The van der Waals surface area contributed by atoms with Crippen LogP contribution in [-0.2, 0) is 0 Å². The summed E-state index contributed by atoms with van der Waals surface area (Å²) < 4.78 is 14.2. The van der Waals surface area contributed by atoms with E-state index >= 15 is 0 Å². The molecule has 27 heavy (non-hydrogen) atoms. The molecule has 0 spiro atoms. The van der Waals surface area contributed by atoms with Crippen LogP contribution >= 0.6 is 0 Å². The van der Waals surface area contributed by atoms with Crippen LogP contribution in [0.4, 0.5) is 27.5 Å². The fourth-order valence-corrected chi connectivity index (χ4v) is 3.04. The molecule has 3 heterocycles. The van der Waals surface area contributed by atoms with Crippen LogP contribution in [0.15, 0.2) is 67.1 Å². The van der Waals surface area contributed by atoms with E-state index in [4.69, 9.17) is 0 Å². The highest BCUT2D eigenvalue weighted by atomic mass is 19.1. The minimum Gasteiger partial charge on any atom is -0.361 e. The Labute approximate surface area is 153 Å². The van der Waals surface area contributed by atoms with Gasteiger partial charge in [-0.2, -0.15) is 4.98 Å². The fourth-order valence-electron chi connectivity index (χ4n) is 3.04. The van der Waals surface area contributed by atoms with E-state index in [0.717, 1.165) is 39.4 Å². The zero-order valence-corrected chi connectivity index (χ0v) is 14.1. The average molecular weight is 358 g/mol. The molecule has 6 nitrogen and oxygen atoms in total. The molecular weight excluding hydrogens is 343 g/mol. The lowest BCUT2D eigenvalue weighted by molar-refractivity contribution is 0.619. The maximum atomic E-state index is 14.2. The molecule has 5 rings (SSSR count). The first kappa shape index (κ1) is 15.4. The standard InChI is InChI=1S/C20H15FN6/c21-16-11-24-20(26-15-2-4-18-13(10-15)6-8-23-18)27-19(16)25-14-1-3-17-12(9-14)5-7-22-17/h1-11,22-23H,(H2,24,25,26,27). The molecule has 0 aliphatic rings. The van der Waals surface area contributed by atoms with E-state index in [9.17, 15) is 4.39 Å². The Morgan fingerprint density at radius 3 is 2.07 bits per heavy atom. The number of halogens is 1. The van der Waals surface area contributed by atoms with Crippen molar-refractivity contribution >= 4 is 44.9 Å². The Kier molecular flexibility index (Phi) is 3.50. The molecule has 0 radical (unpaired) electrons. The van der Waals surface area contributed by atoms with E-state index in [2.05, 4.69) is 30.6 Å². The number of anilines is 4. The molecule has 0 saturated carbocycles. The summed E-state index contributed by atoms with van der Waals surface area (Å²) in [6.07, 6.45) is 4.90. The summed E-state index contributed by atoms with van der Waals surface area (Å²) in [6, 6.07) is 15.5. The third kappa shape index (κ3) is 2.95. The van der Waals surface area contributed by atoms with Crippen molar-refractivity contribution in [1.29, 1.82) is 0 Å². The van der Waals surface area contributed by atoms with E-state index < -0.39 is 5.82 Å². The average Bonchev–Trinajstić information content (AvgIpc) is 3.32. The largest absolute Gasteiger partial charge is 0.361 e. The monoisotopic (exact) mass is 358 g/mol. The van der Waals surface area contributed by atoms with Crippen molar-refractivity contribution in [2.75, 3.05) is 10.6 Å². The van der Waals surface area contributed by atoms with Crippen LogP contribution < -0.4 is 10.6 Å². The summed E-state index contributed by atoms with van der Waals surface area (Å²) in [7, 11) is 0. The quantitative estimate of drug-likeness (QED) is 0.362. The predicted molar refractivity (Wildman–Crippen MR) is 105 cm³/mol. The maximum Gasteiger partial charge on any atom is 0.229 e. The molecule has 0 atom stereocenters. The molecule has 0 unspecified atom stereocenters. The molecule has 2 aromatic carbocycles. The highest BCUT2D eigenvalue weighted by Crippen LogP contribution is 2.24. The number of rotatable bonds is 4. The Morgan fingerprint density at radius 2 is 1.41 bits per heavy atom. The number of hydrogen-bond donors (Lipinski definition) is 4. The smallest absolute Gasteiger partial charge is 0.229 e. The summed E-state index contributed by atoms with van der Waals surface area (Å²) >= 11 is 0. The Bertz CT molecular complexity index is 1260. The maximum absolute atomic E-state index is 14.2. The summed E-state index contributed by atoms with van der Waals surface area (Å²) in [5.41, 5.74) is 3.64. The molecule has 0 aliphatic carbocycles. The number of H-pyrrole nitrogens is 2. The molecule has 4 N–H and O–H groups in total. The molecule has 0 saturated heterocycles. The minimum atomic E-state index is -0.518. The number of nitrogens with zero attached hydrogens (tertiary/aromatic N) is 2. The molecular formula is C20H15FN6. The first-order valence-corrected chi connectivity index (χ1v) is 8.45. The number of hydrogen-bond acceptors (Lipinski definition) is 4. The van der Waals surface area contributed by atoms with Gasteiger partial charge in [0.2, 0.25) is 5.95 Å². The Balaban J connectivity index is 1.42. The van der Waals surface area contributed by atoms with Gasteiger partial charge in [-0.3, -0.25) is 0 Å². The highest BCUT2D eigenvalue weighted by Gasteiger charge is 2.09. The summed E-state index contributed by atoms with van der Waals surface area (Å²) in [5, 5.41) is 8.24. The second-order valence-corrected chi connectivity index (χ2v) is 6.20. The molecule has 0 amide bonds. The predicted octanol–water partition coefficient (Wildman–Crippen LogP) is 5.07. The molecule has 3 aromatic heterocycles. The molecule has 0 bridgehead atoms. The van der Waals surface area contributed by atoms with Gasteiger partial charge in [0.25, 0.3) is 0 Å². The topological polar surface area (TPSA) is 81.4 Å². The number of aromatic nitrogens is 4. The Hall–Kier alpha value is -3.87. The van der Waals surface area contributed by atoms with Gasteiger partial charge in [-0.05, 0) is 48.5 Å². The van der Waals surface area contributed by atoms with E-state index in [1.807, 2.05) is 60.9 Å². The number of aromatic amines is 2. The van der Waals surface area contributed by atoms with Gasteiger partial charge < -0.3 is 20.6 Å². The third-order valence-corrected chi connectivity index (χ3v) is 4.37. The van der Waals surface area contributed by atoms with Crippen molar-refractivity contribution in [3.8, 4) is 0 Å². The van der Waals surface area contributed by atoms with Gasteiger partial charge in [-0.25, -0.2) is 9.37 Å². The summed E-state index contributed by atoms with van der Waals surface area (Å²) in [4.78, 5) is 14.6. The SMILES string of the molecule is Fc1cnc(Nc2ccc3[nH]ccc3c2)nc1Nc1ccc2[nH]ccc2c1. The van der Waals surface area contributed by atoms with Crippen LogP contribution in [-0.4, -0.2) is 19.9 Å². The lowest BCUT2D eigenvalue weighted by Gasteiger charge is -2.10. The van der Waals surface area contributed by atoms with E-state index in [-0.39, 0.29) is 5.82 Å². The van der Waals surface area contributed by atoms with E-state index in [0.29, 0.717) is 5.95 Å². The first-order valence-electron chi connectivity index (χ1n) is 8.45. The van der Waals surface area contributed by atoms with Crippen molar-refractivity contribution in [1.82, 2.24) is 19.9 Å². The number of nitrogens with one attached hydrogen (secondary N) is 4. The van der Waals surface area contributed by atoms with Crippen molar-refractivity contribution in [2.24, 2.45) is 0 Å². The van der Waals surface area contributed by atoms with Crippen LogP contribution in [0.25, 0.3) is 21.8 Å². The van der Waals surface area contributed by atoms with Gasteiger partial charge in [-0.15, -0.1) is 0 Å². The van der Waals surface area contributed by atoms with Crippen molar-refractivity contribution in [3.05, 3.63) is 72.9 Å². The van der Waals surface area contributed by atoms with E-state index in [1.54, 1.807) is 0 Å². The van der Waals surface area contributed by atoms with Crippen molar-refractivity contribution in [3.63, 3.8) is 0 Å². The second kappa shape index (κ2) is 6.14. The zero-order valence-electron chi connectivity index (χ0n) is 14.1. The van der Waals surface area contributed by atoms with Gasteiger partial charge in [0.1, 0.15) is 0 Å². The van der Waals surface area contributed by atoms with Crippen LogP contribution in [0.2, 0.25) is 0 Å². The number of fused-ring (bicyclic) bond motifs is 2. The molecule has 0 fully saturated rings. The van der Waals surface area contributed by atoms with Gasteiger partial charge in [0, 0.05) is 45.6 Å². The van der Waals surface area contributed by atoms with Crippen molar-refractivity contribution < 1.29 is 4.39 Å². The van der Waals surface area contributed by atoms with Gasteiger partial charge in [-0.1, -0.05) is 0 Å². The normalized spacial score (nSPS) is 11.1. The van der Waals surface area contributed by atoms with Crippen LogP contribution in [0.1, 0.15) is 0 Å². The molecule has 5 aromatic rings. The third-order valence-electron chi connectivity index (χ3n) is 4.37. The molecule has 0 aliphatic heterocycles. The highest BCUT2D eigenvalue weighted by molar-refractivity contribution is 5.84. The minimum absolute atomic E-state index is 0.116. The summed E-state index contributed by atoms with van der Waals surface area (Å²) in [5.74, 6) is -0.0857. The second-order valence-electron chi connectivity index (χ2n) is 6.20. The zero-order chi connectivity index (χ0) is 18.2. The number of benzene rings is 2. The molecule has 7 heteroatoms. The first-order chi connectivity index (χ1) is 13.2. The molecule has 132 valence electrons. The van der Waals surface area contributed by atoms with Crippen LogP contribution in [0.3, 0.4) is 0 Å². The van der Waals surface area contributed by atoms with Gasteiger partial charge >= 0.3 is 0 Å². The fraction of sp³-hybridized carbons (Fsp3) is 0. The Morgan fingerprint density at radius 1 is 0.778 bits per heavy atom. The van der Waals surface area contributed by atoms with Crippen molar-refractivity contribution in [2.45, 2.75) is 0 Å². The van der Waals surface area contributed by atoms with Crippen LogP contribution in [0, 0.1) is 5.82 Å². The van der Waals surface area contributed by atoms with E-state index in [1.165, 1.54) is 0 Å². The summed E-state index contributed by atoms with van der Waals surface area (Å²) in [6.45, 7) is 0. The van der Waals surface area contributed by atoms with Gasteiger partial charge in [0.15, 0.2) is 11.6 Å².